The third kappa shape index (κ3) is 4.22. The zero-order valence-corrected chi connectivity index (χ0v) is 14.1. The zero-order chi connectivity index (χ0) is 18.5. The van der Waals surface area contributed by atoms with Gasteiger partial charge in [-0.2, -0.15) is 0 Å². The number of benzene rings is 2. The molecule has 0 spiro atoms. The molecule has 1 heterocycles. The van der Waals surface area contributed by atoms with E-state index < -0.39 is 11.6 Å². The fourth-order valence-electron chi connectivity index (χ4n) is 2.47. The molecule has 3 rings (SSSR count). The van der Waals surface area contributed by atoms with Crippen LogP contribution in [0.2, 0.25) is 0 Å². The number of nitrogens with zero attached hydrogens (tertiary/aromatic N) is 2. The number of carbonyl (C=O) groups is 1. The molecule has 1 aromatic heterocycles. The van der Waals surface area contributed by atoms with Gasteiger partial charge >= 0.3 is 0 Å². The van der Waals surface area contributed by atoms with Crippen LogP contribution in [0.4, 0.5) is 20.2 Å². The van der Waals surface area contributed by atoms with Gasteiger partial charge < -0.3 is 10.2 Å². The number of rotatable bonds is 5. The molecule has 0 atom stereocenters. The van der Waals surface area contributed by atoms with E-state index in [0.717, 1.165) is 17.7 Å². The Morgan fingerprint density at radius 2 is 1.85 bits per heavy atom. The fourth-order valence-corrected chi connectivity index (χ4v) is 2.47. The second kappa shape index (κ2) is 7.74. The molecule has 0 aliphatic carbocycles. The number of amides is 1. The van der Waals surface area contributed by atoms with Gasteiger partial charge in [0, 0.05) is 19.7 Å². The lowest BCUT2D eigenvalue weighted by Gasteiger charge is -2.17. The summed E-state index contributed by atoms with van der Waals surface area (Å²) in [5.41, 5.74) is 1.94. The smallest absolute Gasteiger partial charge is 0.272 e. The molecule has 26 heavy (non-hydrogen) atoms. The summed E-state index contributed by atoms with van der Waals surface area (Å²) in [5.74, 6) is -1.56. The maximum absolute atomic E-state index is 13.7. The summed E-state index contributed by atoms with van der Waals surface area (Å²) in [5, 5.41) is 2.81. The molecule has 2 aromatic carbocycles. The van der Waals surface area contributed by atoms with E-state index in [-0.39, 0.29) is 17.3 Å². The summed E-state index contributed by atoms with van der Waals surface area (Å²) in [4.78, 5) is 18.2. The Kier molecular flexibility index (Phi) is 5.22. The molecular formula is C20H17F2N3O. The van der Waals surface area contributed by atoms with Crippen LogP contribution in [0, 0.1) is 11.6 Å². The quantitative estimate of drug-likeness (QED) is 0.741. The highest BCUT2D eigenvalue weighted by Gasteiger charge is 2.13. The number of hydrogen-bond acceptors (Lipinski definition) is 3. The van der Waals surface area contributed by atoms with Gasteiger partial charge in [-0.15, -0.1) is 0 Å². The lowest BCUT2D eigenvalue weighted by atomic mass is 10.2. The first-order chi connectivity index (χ1) is 12.5. The fraction of sp³-hybridized carbons (Fsp3) is 0.100. The van der Waals surface area contributed by atoms with Gasteiger partial charge in [-0.05, 0) is 29.8 Å². The molecule has 0 radical (unpaired) electrons. The first-order valence-corrected chi connectivity index (χ1v) is 8.00. The predicted molar refractivity (Wildman–Crippen MR) is 96.1 cm³/mol. The van der Waals surface area contributed by atoms with E-state index in [1.54, 1.807) is 24.1 Å². The summed E-state index contributed by atoms with van der Waals surface area (Å²) >= 11 is 0. The Bertz CT molecular complexity index is 899. The van der Waals surface area contributed by atoms with Crippen LogP contribution in [0.1, 0.15) is 16.1 Å². The van der Waals surface area contributed by atoms with Gasteiger partial charge in [0.05, 0.1) is 17.6 Å². The van der Waals surface area contributed by atoms with Crippen LogP contribution in [0.3, 0.4) is 0 Å². The first kappa shape index (κ1) is 17.5. The molecule has 0 aliphatic heterocycles. The second-order valence-electron chi connectivity index (χ2n) is 5.83. The van der Waals surface area contributed by atoms with Crippen LogP contribution in [0.5, 0.6) is 0 Å². The van der Waals surface area contributed by atoms with Gasteiger partial charge in [-0.3, -0.25) is 4.79 Å². The minimum atomic E-state index is -0.701. The van der Waals surface area contributed by atoms with Gasteiger partial charge in [0.25, 0.3) is 5.91 Å². The van der Waals surface area contributed by atoms with Crippen LogP contribution in [-0.2, 0) is 6.54 Å². The van der Waals surface area contributed by atoms with Crippen LogP contribution in [0.15, 0.2) is 66.9 Å². The Balaban J connectivity index is 1.67. The average molecular weight is 353 g/mol. The summed E-state index contributed by atoms with van der Waals surface area (Å²) in [6.45, 7) is 0.474. The van der Waals surface area contributed by atoms with Gasteiger partial charge in [-0.25, -0.2) is 13.8 Å². The standard InChI is InChI=1S/C20H17F2N3O/c1-25(13-14-5-3-2-4-6-14)20(26)19-10-8-16(12-23-19)24-18-9-7-15(21)11-17(18)22/h2-12,24H,13H2,1H3. The van der Waals surface area contributed by atoms with E-state index in [1.807, 2.05) is 30.3 Å². The van der Waals surface area contributed by atoms with E-state index in [9.17, 15) is 13.6 Å². The molecule has 1 amide bonds. The number of pyridine rings is 1. The van der Waals surface area contributed by atoms with Gasteiger partial charge in [-0.1, -0.05) is 30.3 Å². The zero-order valence-electron chi connectivity index (χ0n) is 14.1. The maximum atomic E-state index is 13.7. The molecule has 0 saturated heterocycles. The molecule has 1 N–H and O–H groups in total. The molecule has 132 valence electrons. The normalized spacial score (nSPS) is 10.4. The number of anilines is 2. The Morgan fingerprint density at radius 1 is 1.08 bits per heavy atom. The molecule has 0 unspecified atom stereocenters. The van der Waals surface area contributed by atoms with E-state index in [4.69, 9.17) is 0 Å². The first-order valence-electron chi connectivity index (χ1n) is 8.00. The molecule has 3 aromatic rings. The van der Waals surface area contributed by atoms with Crippen molar-refractivity contribution in [3.05, 3.63) is 89.8 Å². The largest absolute Gasteiger partial charge is 0.352 e. The van der Waals surface area contributed by atoms with Gasteiger partial charge in [0.15, 0.2) is 0 Å². The summed E-state index contributed by atoms with van der Waals surface area (Å²) < 4.78 is 26.6. The number of hydrogen-bond donors (Lipinski definition) is 1. The SMILES string of the molecule is CN(Cc1ccccc1)C(=O)c1ccc(Nc2ccc(F)cc2F)cn1. The Hall–Kier alpha value is -3.28. The molecule has 0 saturated carbocycles. The van der Waals surface area contributed by atoms with Crippen molar-refractivity contribution in [2.75, 3.05) is 12.4 Å². The monoisotopic (exact) mass is 353 g/mol. The highest BCUT2D eigenvalue weighted by molar-refractivity contribution is 5.92. The minimum absolute atomic E-state index is 0.133. The maximum Gasteiger partial charge on any atom is 0.272 e. The number of nitrogens with one attached hydrogen (secondary N) is 1. The van der Waals surface area contributed by atoms with E-state index >= 15 is 0 Å². The van der Waals surface area contributed by atoms with Crippen molar-refractivity contribution in [1.82, 2.24) is 9.88 Å². The molecule has 0 aliphatic rings. The van der Waals surface area contributed by atoms with Crippen molar-refractivity contribution in [3.8, 4) is 0 Å². The van der Waals surface area contributed by atoms with Crippen LogP contribution in [0.25, 0.3) is 0 Å². The predicted octanol–water partition coefficient (Wildman–Crippen LogP) is 4.38. The molecule has 6 heteroatoms. The van der Waals surface area contributed by atoms with Crippen molar-refractivity contribution >= 4 is 17.3 Å². The number of aromatic nitrogens is 1. The number of carbonyl (C=O) groups excluding carboxylic acids is 1. The van der Waals surface area contributed by atoms with Crippen molar-refractivity contribution in [3.63, 3.8) is 0 Å². The average Bonchev–Trinajstić information content (AvgIpc) is 2.65. The Labute approximate surface area is 150 Å². The second-order valence-corrected chi connectivity index (χ2v) is 5.83. The molecule has 0 bridgehead atoms. The van der Waals surface area contributed by atoms with Crippen molar-refractivity contribution in [2.24, 2.45) is 0 Å². The topological polar surface area (TPSA) is 45.2 Å². The van der Waals surface area contributed by atoms with E-state index in [1.165, 1.54) is 12.3 Å². The van der Waals surface area contributed by atoms with Gasteiger partial charge in [0.2, 0.25) is 0 Å². The van der Waals surface area contributed by atoms with Gasteiger partial charge in [0.1, 0.15) is 17.3 Å². The summed E-state index contributed by atoms with van der Waals surface area (Å²) in [6, 6.07) is 16.1. The number of halogens is 2. The molecule has 0 fully saturated rings. The minimum Gasteiger partial charge on any atom is -0.352 e. The summed E-state index contributed by atoms with van der Waals surface area (Å²) in [7, 11) is 1.71. The van der Waals surface area contributed by atoms with Crippen LogP contribution >= 0.6 is 0 Å². The van der Waals surface area contributed by atoms with Crippen molar-refractivity contribution < 1.29 is 13.6 Å². The third-order valence-electron chi connectivity index (χ3n) is 3.80. The lowest BCUT2D eigenvalue weighted by molar-refractivity contribution is 0.0779. The Morgan fingerprint density at radius 3 is 2.50 bits per heavy atom. The third-order valence-corrected chi connectivity index (χ3v) is 3.80. The highest BCUT2D eigenvalue weighted by Crippen LogP contribution is 2.20. The lowest BCUT2D eigenvalue weighted by Crippen LogP contribution is -2.26. The van der Waals surface area contributed by atoms with Crippen molar-refractivity contribution in [1.29, 1.82) is 0 Å². The highest BCUT2D eigenvalue weighted by atomic mass is 19.1. The van der Waals surface area contributed by atoms with Crippen LogP contribution < -0.4 is 5.32 Å². The summed E-state index contributed by atoms with van der Waals surface area (Å²) in [6.07, 6.45) is 1.44. The van der Waals surface area contributed by atoms with Crippen LogP contribution in [-0.4, -0.2) is 22.8 Å². The molecular weight excluding hydrogens is 336 g/mol. The molecule has 4 nitrogen and oxygen atoms in total. The van der Waals surface area contributed by atoms with E-state index in [0.29, 0.717) is 12.2 Å². The van der Waals surface area contributed by atoms with Crippen molar-refractivity contribution in [2.45, 2.75) is 6.54 Å². The van der Waals surface area contributed by atoms with E-state index in [2.05, 4.69) is 10.3 Å².